The number of ether oxygens (including phenoxy) is 1. The van der Waals surface area contributed by atoms with Gasteiger partial charge in [0, 0.05) is 17.3 Å². The molecule has 5 heteroatoms. The second-order valence-corrected chi connectivity index (χ2v) is 4.15. The molecule has 3 rings (SSSR count). The number of anilines is 1. The molecule has 0 aromatic heterocycles. The van der Waals surface area contributed by atoms with E-state index in [-0.39, 0.29) is 0 Å². The topological polar surface area (TPSA) is 38.3 Å². The maximum absolute atomic E-state index is 13.1. The quantitative estimate of drug-likeness (QED) is 0.843. The molecule has 96 valence electrons. The Bertz CT molecular complexity index is 658. The van der Waals surface area contributed by atoms with E-state index in [2.05, 4.69) is 5.32 Å². The van der Waals surface area contributed by atoms with Gasteiger partial charge in [0.2, 0.25) is 6.23 Å². The molecule has 0 saturated carbocycles. The molecule has 0 spiro atoms. The summed E-state index contributed by atoms with van der Waals surface area (Å²) in [7, 11) is 0. The number of cyclic esters (lactones) is 1. The van der Waals surface area contributed by atoms with Crippen LogP contribution in [0.3, 0.4) is 0 Å². The number of esters is 1. The van der Waals surface area contributed by atoms with Crippen LogP contribution in [0.2, 0.25) is 0 Å². The summed E-state index contributed by atoms with van der Waals surface area (Å²) in [5.41, 5.74) is 1.49. The van der Waals surface area contributed by atoms with Crippen molar-refractivity contribution in [3.63, 3.8) is 0 Å². The van der Waals surface area contributed by atoms with Crippen LogP contribution in [0.15, 0.2) is 42.5 Å². The molecule has 1 aliphatic rings. The van der Waals surface area contributed by atoms with Crippen molar-refractivity contribution in [3.05, 3.63) is 65.2 Å². The highest BCUT2D eigenvalue weighted by Crippen LogP contribution is 2.31. The van der Waals surface area contributed by atoms with Gasteiger partial charge in [-0.15, -0.1) is 0 Å². The molecular formula is C14H9F2NO2. The van der Waals surface area contributed by atoms with Crippen molar-refractivity contribution >= 4 is 11.7 Å². The monoisotopic (exact) mass is 261 g/mol. The van der Waals surface area contributed by atoms with Crippen LogP contribution in [0.4, 0.5) is 14.5 Å². The van der Waals surface area contributed by atoms with Crippen LogP contribution in [0.1, 0.15) is 22.1 Å². The van der Waals surface area contributed by atoms with E-state index < -0.39 is 23.8 Å². The Labute approximate surface area is 107 Å². The van der Waals surface area contributed by atoms with Gasteiger partial charge in [0.1, 0.15) is 0 Å². The van der Waals surface area contributed by atoms with Gasteiger partial charge < -0.3 is 10.1 Å². The smallest absolute Gasteiger partial charge is 0.340 e. The fourth-order valence-corrected chi connectivity index (χ4v) is 1.99. The summed E-state index contributed by atoms with van der Waals surface area (Å²) in [4.78, 5) is 11.6. The van der Waals surface area contributed by atoms with E-state index in [1.165, 1.54) is 6.07 Å². The highest BCUT2D eigenvalue weighted by Gasteiger charge is 2.30. The van der Waals surface area contributed by atoms with Gasteiger partial charge in [0.15, 0.2) is 11.6 Å². The Hall–Kier alpha value is -2.43. The molecule has 1 heterocycles. The van der Waals surface area contributed by atoms with Gasteiger partial charge >= 0.3 is 5.97 Å². The molecule has 0 bridgehead atoms. The molecule has 0 radical (unpaired) electrons. The number of carbonyl (C=O) groups is 1. The third kappa shape index (κ3) is 2.03. The normalized spacial score (nSPS) is 16.9. The van der Waals surface area contributed by atoms with Crippen LogP contribution in [0.25, 0.3) is 0 Å². The van der Waals surface area contributed by atoms with Crippen LogP contribution in [0.5, 0.6) is 0 Å². The lowest BCUT2D eigenvalue weighted by atomic mass is 10.1. The van der Waals surface area contributed by atoms with Gasteiger partial charge in [-0.1, -0.05) is 18.2 Å². The predicted octanol–water partition coefficient (Wildman–Crippen LogP) is 3.25. The lowest BCUT2D eigenvalue weighted by Crippen LogP contribution is -2.10. The average Bonchev–Trinajstić information content (AvgIpc) is 2.72. The fourth-order valence-electron chi connectivity index (χ4n) is 1.99. The van der Waals surface area contributed by atoms with Crippen LogP contribution in [0, 0.1) is 11.6 Å². The van der Waals surface area contributed by atoms with Gasteiger partial charge in [0.05, 0.1) is 5.56 Å². The predicted molar refractivity (Wildman–Crippen MR) is 64.6 cm³/mol. The summed E-state index contributed by atoms with van der Waals surface area (Å²) >= 11 is 0. The Morgan fingerprint density at radius 3 is 2.63 bits per heavy atom. The van der Waals surface area contributed by atoms with Gasteiger partial charge in [-0.3, -0.25) is 0 Å². The number of nitrogens with one attached hydrogen (secondary N) is 1. The first kappa shape index (κ1) is 11.6. The van der Waals surface area contributed by atoms with Gasteiger partial charge in [-0.2, -0.15) is 0 Å². The van der Waals surface area contributed by atoms with E-state index in [9.17, 15) is 13.6 Å². The number of hydrogen-bond donors (Lipinski definition) is 1. The van der Waals surface area contributed by atoms with E-state index >= 15 is 0 Å². The molecule has 0 saturated heterocycles. The van der Waals surface area contributed by atoms with E-state index in [1.54, 1.807) is 24.3 Å². The van der Waals surface area contributed by atoms with Crippen molar-refractivity contribution in [3.8, 4) is 0 Å². The van der Waals surface area contributed by atoms with Crippen molar-refractivity contribution in [2.75, 3.05) is 5.32 Å². The largest absolute Gasteiger partial charge is 0.434 e. The molecule has 2 aromatic rings. The van der Waals surface area contributed by atoms with E-state index in [1.807, 2.05) is 0 Å². The molecular weight excluding hydrogens is 252 g/mol. The highest BCUT2D eigenvalue weighted by atomic mass is 19.2. The summed E-state index contributed by atoms with van der Waals surface area (Å²) in [6, 6.07) is 10.3. The number of rotatable bonds is 2. The molecule has 3 nitrogen and oxygen atoms in total. The van der Waals surface area contributed by atoms with E-state index in [0.29, 0.717) is 16.8 Å². The lowest BCUT2D eigenvalue weighted by Gasteiger charge is -2.14. The molecule has 0 aliphatic carbocycles. The lowest BCUT2D eigenvalue weighted by molar-refractivity contribution is 0.0437. The molecule has 2 aromatic carbocycles. The third-order valence-electron chi connectivity index (χ3n) is 2.91. The first-order chi connectivity index (χ1) is 9.15. The van der Waals surface area contributed by atoms with Crippen molar-refractivity contribution in [1.29, 1.82) is 0 Å². The van der Waals surface area contributed by atoms with Gasteiger partial charge in [-0.25, -0.2) is 13.6 Å². The SMILES string of the molecule is O=C1O[C@@H](Nc2ccc(F)c(F)c2)c2ccccc21. The van der Waals surface area contributed by atoms with Crippen LogP contribution in [-0.4, -0.2) is 5.97 Å². The standard InChI is InChI=1S/C14H9F2NO2/c15-11-6-5-8(7-12(11)16)17-13-9-3-1-2-4-10(9)14(18)19-13/h1-7,13,17H/t13-/m1/s1. The van der Waals surface area contributed by atoms with Crippen molar-refractivity contribution < 1.29 is 18.3 Å². The second kappa shape index (κ2) is 4.35. The number of fused-ring (bicyclic) bond motifs is 1. The summed E-state index contributed by atoms with van der Waals surface area (Å²) < 4.78 is 31.1. The second-order valence-electron chi connectivity index (χ2n) is 4.15. The molecule has 1 aliphatic heterocycles. The molecule has 0 amide bonds. The Morgan fingerprint density at radius 2 is 1.84 bits per heavy atom. The minimum absolute atomic E-state index is 0.341. The molecule has 0 unspecified atom stereocenters. The zero-order chi connectivity index (χ0) is 13.4. The highest BCUT2D eigenvalue weighted by molar-refractivity contribution is 5.94. The summed E-state index contributed by atoms with van der Waals surface area (Å²) in [6.45, 7) is 0. The first-order valence-corrected chi connectivity index (χ1v) is 5.66. The van der Waals surface area contributed by atoms with Crippen LogP contribution < -0.4 is 5.32 Å². The van der Waals surface area contributed by atoms with E-state index in [4.69, 9.17) is 4.74 Å². The Morgan fingerprint density at radius 1 is 1.05 bits per heavy atom. The minimum Gasteiger partial charge on any atom is -0.434 e. The Balaban J connectivity index is 1.89. The number of hydrogen-bond acceptors (Lipinski definition) is 3. The van der Waals surface area contributed by atoms with Gasteiger partial charge in [-0.05, 0) is 18.2 Å². The maximum Gasteiger partial charge on any atom is 0.340 e. The van der Waals surface area contributed by atoms with E-state index in [0.717, 1.165) is 12.1 Å². The zero-order valence-electron chi connectivity index (χ0n) is 9.69. The molecule has 1 atom stereocenters. The number of halogens is 2. The van der Waals surface area contributed by atoms with Crippen molar-refractivity contribution in [2.24, 2.45) is 0 Å². The maximum atomic E-state index is 13.1. The zero-order valence-corrected chi connectivity index (χ0v) is 9.69. The fraction of sp³-hybridized carbons (Fsp3) is 0.0714. The summed E-state index contributed by atoms with van der Waals surface area (Å²) in [5.74, 6) is -2.31. The first-order valence-electron chi connectivity index (χ1n) is 5.66. The van der Waals surface area contributed by atoms with Crippen molar-refractivity contribution in [1.82, 2.24) is 0 Å². The Kier molecular flexibility index (Phi) is 2.67. The number of benzene rings is 2. The third-order valence-corrected chi connectivity index (χ3v) is 2.91. The van der Waals surface area contributed by atoms with Crippen molar-refractivity contribution in [2.45, 2.75) is 6.23 Å². The average molecular weight is 261 g/mol. The molecule has 0 fully saturated rings. The van der Waals surface area contributed by atoms with Crippen LogP contribution >= 0.6 is 0 Å². The number of carbonyl (C=O) groups excluding carboxylic acids is 1. The summed E-state index contributed by atoms with van der Waals surface area (Å²) in [6.07, 6.45) is -0.687. The van der Waals surface area contributed by atoms with Gasteiger partial charge in [0.25, 0.3) is 0 Å². The van der Waals surface area contributed by atoms with Crippen LogP contribution in [-0.2, 0) is 4.74 Å². The molecule has 1 N–H and O–H groups in total. The molecule has 19 heavy (non-hydrogen) atoms. The minimum atomic E-state index is -0.956. The summed E-state index contributed by atoms with van der Waals surface area (Å²) in [5, 5.41) is 2.85.